The summed E-state index contributed by atoms with van der Waals surface area (Å²) in [4.78, 5) is 12.5. The van der Waals surface area contributed by atoms with Crippen LogP contribution < -0.4 is 4.74 Å². The number of rotatable bonds is 5. The summed E-state index contributed by atoms with van der Waals surface area (Å²) in [6.45, 7) is 7.28. The maximum absolute atomic E-state index is 15.8. The minimum atomic E-state index is -1.43. The monoisotopic (exact) mass is 486 g/mol. The van der Waals surface area contributed by atoms with Gasteiger partial charge in [0.15, 0.2) is 6.10 Å². The molecule has 184 valence electrons. The van der Waals surface area contributed by atoms with Crippen molar-refractivity contribution in [3.63, 3.8) is 0 Å². The molecule has 0 radical (unpaired) electrons. The maximum atomic E-state index is 15.8. The van der Waals surface area contributed by atoms with E-state index in [-0.39, 0.29) is 16.5 Å². The van der Waals surface area contributed by atoms with Gasteiger partial charge in [0.1, 0.15) is 11.6 Å². The Morgan fingerprint density at radius 2 is 2.00 bits per heavy atom. The Morgan fingerprint density at radius 1 is 1.25 bits per heavy atom. The summed E-state index contributed by atoms with van der Waals surface area (Å²) in [6, 6.07) is 12.3. The van der Waals surface area contributed by atoms with Gasteiger partial charge in [0, 0.05) is 29.1 Å². The summed E-state index contributed by atoms with van der Waals surface area (Å²) in [5.41, 5.74) is 2.75. The molecule has 7 heteroatoms. The van der Waals surface area contributed by atoms with E-state index in [2.05, 4.69) is 0 Å². The number of fused-ring (bicyclic) bond motifs is 2. The molecule has 4 rings (SSSR count). The average molecular weight is 487 g/mol. The standard InChI is InChI=1S/C29H27FN2O4/c1-16-24(27(28(33)34)36-29(2,3)4)25(20-7-5-17(15-32)13-22(20)26(16)30)19-6-8-23-21(14-19)18(9-11-31)10-12-35-23/h5-9,11,13-14,27,31H,10,12H2,1-4H3,(H,33,34). The SMILES string of the molecule is Cc1c(C(OC(C)(C)C)C(=O)O)c(-c2ccc3c(c2)C(=CC=N)CCO3)c2ccc(C#N)cc2c1F. The van der Waals surface area contributed by atoms with Crippen molar-refractivity contribution < 1.29 is 23.8 Å². The maximum Gasteiger partial charge on any atom is 0.337 e. The van der Waals surface area contributed by atoms with Crippen LogP contribution in [0, 0.1) is 29.5 Å². The van der Waals surface area contributed by atoms with E-state index in [1.54, 1.807) is 45.0 Å². The van der Waals surface area contributed by atoms with Crippen LogP contribution in [0.25, 0.3) is 27.5 Å². The van der Waals surface area contributed by atoms with Crippen LogP contribution in [-0.4, -0.2) is 29.5 Å². The first-order valence-electron chi connectivity index (χ1n) is 11.6. The molecule has 0 amide bonds. The lowest BCUT2D eigenvalue weighted by molar-refractivity contribution is -0.160. The normalized spacial score (nSPS) is 15.2. The zero-order valence-electron chi connectivity index (χ0n) is 20.6. The Hall–Kier alpha value is -4.02. The molecule has 0 fully saturated rings. The van der Waals surface area contributed by atoms with Crippen LogP contribution in [0.2, 0.25) is 0 Å². The molecule has 2 N–H and O–H groups in total. The van der Waals surface area contributed by atoms with Crippen LogP contribution in [0.15, 0.2) is 42.5 Å². The second kappa shape index (κ2) is 9.56. The van der Waals surface area contributed by atoms with E-state index in [4.69, 9.17) is 14.9 Å². The lowest BCUT2D eigenvalue weighted by Gasteiger charge is -2.29. The van der Waals surface area contributed by atoms with E-state index in [1.165, 1.54) is 19.2 Å². The third kappa shape index (κ3) is 4.60. The van der Waals surface area contributed by atoms with Gasteiger partial charge in [-0.05, 0) is 85.7 Å². The van der Waals surface area contributed by atoms with Gasteiger partial charge in [0.05, 0.1) is 23.8 Å². The van der Waals surface area contributed by atoms with Crippen molar-refractivity contribution in [2.75, 3.05) is 6.61 Å². The molecule has 1 atom stereocenters. The highest BCUT2D eigenvalue weighted by atomic mass is 19.1. The second-order valence-electron chi connectivity index (χ2n) is 9.72. The average Bonchev–Trinajstić information content (AvgIpc) is 2.84. The number of nitrogens with zero attached hydrogens (tertiary/aromatic N) is 1. The molecule has 0 saturated carbocycles. The van der Waals surface area contributed by atoms with E-state index in [9.17, 15) is 15.2 Å². The molecule has 0 bridgehead atoms. The molecular formula is C29H27FN2O4. The molecule has 1 unspecified atom stereocenters. The number of benzene rings is 3. The van der Waals surface area contributed by atoms with Gasteiger partial charge in [-0.25, -0.2) is 9.18 Å². The minimum absolute atomic E-state index is 0.147. The Bertz CT molecular complexity index is 1460. The first-order valence-corrected chi connectivity index (χ1v) is 11.6. The van der Waals surface area contributed by atoms with Gasteiger partial charge in [-0.2, -0.15) is 5.26 Å². The minimum Gasteiger partial charge on any atom is -0.493 e. The Morgan fingerprint density at radius 3 is 2.64 bits per heavy atom. The van der Waals surface area contributed by atoms with Crippen molar-refractivity contribution in [2.24, 2.45) is 0 Å². The highest BCUT2D eigenvalue weighted by Crippen LogP contribution is 2.44. The number of carbonyl (C=O) groups is 1. The van der Waals surface area contributed by atoms with Crippen LogP contribution in [0.1, 0.15) is 55.5 Å². The van der Waals surface area contributed by atoms with E-state index in [1.807, 2.05) is 18.2 Å². The lowest BCUT2D eigenvalue weighted by Crippen LogP contribution is -2.28. The third-order valence-electron chi connectivity index (χ3n) is 6.14. The molecule has 0 aliphatic carbocycles. The molecule has 0 aromatic heterocycles. The van der Waals surface area contributed by atoms with Crippen LogP contribution >= 0.6 is 0 Å². The fourth-order valence-corrected chi connectivity index (χ4v) is 4.63. The van der Waals surface area contributed by atoms with E-state index in [0.717, 1.165) is 11.1 Å². The largest absolute Gasteiger partial charge is 0.493 e. The molecule has 6 nitrogen and oxygen atoms in total. The Kier molecular flexibility index (Phi) is 6.66. The number of ether oxygens (including phenoxy) is 2. The van der Waals surface area contributed by atoms with Crippen molar-refractivity contribution in [3.05, 3.63) is 70.5 Å². The van der Waals surface area contributed by atoms with E-state index in [0.29, 0.717) is 40.9 Å². The summed E-state index contributed by atoms with van der Waals surface area (Å²) in [5.74, 6) is -1.15. The highest BCUT2D eigenvalue weighted by Gasteiger charge is 2.33. The fraction of sp³-hybridized carbons (Fsp3) is 0.276. The van der Waals surface area contributed by atoms with Crippen LogP contribution in [-0.2, 0) is 9.53 Å². The number of nitrogens with one attached hydrogen (secondary N) is 1. The summed E-state index contributed by atoms with van der Waals surface area (Å²) in [5, 5.41) is 27.8. The van der Waals surface area contributed by atoms with Crippen molar-refractivity contribution in [1.82, 2.24) is 0 Å². The zero-order valence-corrected chi connectivity index (χ0v) is 20.6. The van der Waals surface area contributed by atoms with Gasteiger partial charge in [-0.1, -0.05) is 12.1 Å². The number of hydrogen-bond donors (Lipinski definition) is 2. The smallest absolute Gasteiger partial charge is 0.337 e. The molecular weight excluding hydrogens is 459 g/mol. The third-order valence-corrected chi connectivity index (χ3v) is 6.14. The number of carboxylic acids is 1. The molecule has 3 aromatic rings. The molecule has 0 spiro atoms. The van der Waals surface area contributed by atoms with Crippen LogP contribution in [0.5, 0.6) is 5.75 Å². The van der Waals surface area contributed by atoms with Crippen molar-refractivity contribution in [3.8, 4) is 22.9 Å². The fourth-order valence-electron chi connectivity index (χ4n) is 4.63. The van der Waals surface area contributed by atoms with E-state index < -0.39 is 23.5 Å². The van der Waals surface area contributed by atoms with Crippen LogP contribution in [0.3, 0.4) is 0 Å². The second-order valence-corrected chi connectivity index (χ2v) is 9.72. The quantitative estimate of drug-likeness (QED) is 0.396. The van der Waals surface area contributed by atoms with Crippen molar-refractivity contribution in [1.29, 1.82) is 10.7 Å². The van der Waals surface area contributed by atoms with Crippen LogP contribution in [0.4, 0.5) is 4.39 Å². The van der Waals surface area contributed by atoms with Gasteiger partial charge in [0.25, 0.3) is 0 Å². The Balaban J connectivity index is 2.12. The summed E-state index contributed by atoms with van der Waals surface area (Å²) < 4.78 is 27.5. The van der Waals surface area contributed by atoms with Crippen molar-refractivity contribution >= 4 is 28.5 Å². The van der Waals surface area contributed by atoms with Gasteiger partial charge in [0.2, 0.25) is 0 Å². The number of nitriles is 1. The van der Waals surface area contributed by atoms with Gasteiger partial charge >= 0.3 is 5.97 Å². The topological polar surface area (TPSA) is 103 Å². The predicted molar refractivity (Wildman–Crippen MR) is 137 cm³/mol. The number of aliphatic carboxylic acids is 1. The van der Waals surface area contributed by atoms with Gasteiger partial charge in [-0.3, -0.25) is 0 Å². The first kappa shape index (κ1) is 25.1. The number of allylic oxidation sites excluding steroid dienone is 1. The first-order chi connectivity index (χ1) is 17.1. The molecule has 1 aliphatic heterocycles. The summed E-state index contributed by atoms with van der Waals surface area (Å²) in [6.07, 6.45) is 2.12. The molecule has 0 saturated heterocycles. The van der Waals surface area contributed by atoms with Crippen molar-refractivity contribution in [2.45, 2.75) is 45.8 Å². The van der Waals surface area contributed by atoms with Gasteiger partial charge in [-0.15, -0.1) is 0 Å². The number of hydrogen-bond acceptors (Lipinski definition) is 5. The van der Waals surface area contributed by atoms with E-state index >= 15 is 4.39 Å². The zero-order chi connectivity index (χ0) is 26.2. The molecule has 3 aromatic carbocycles. The summed E-state index contributed by atoms with van der Waals surface area (Å²) in [7, 11) is 0. The number of carboxylic acid groups (broad SMARTS) is 1. The Labute approximate surface area is 209 Å². The lowest BCUT2D eigenvalue weighted by atomic mass is 9.85. The number of halogens is 1. The highest BCUT2D eigenvalue weighted by molar-refractivity contribution is 6.02. The molecule has 36 heavy (non-hydrogen) atoms. The van der Waals surface area contributed by atoms with Gasteiger partial charge < -0.3 is 20.0 Å². The molecule has 1 heterocycles. The molecule has 1 aliphatic rings. The predicted octanol–water partition coefficient (Wildman–Crippen LogP) is 6.58. The summed E-state index contributed by atoms with van der Waals surface area (Å²) >= 11 is 0.